The predicted octanol–water partition coefficient (Wildman–Crippen LogP) is 3.97. The van der Waals surface area contributed by atoms with Crippen molar-refractivity contribution in [3.05, 3.63) is 52.0 Å². The minimum absolute atomic E-state index is 0.0824. The lowest BCUT2D eigenvalue weighted by molar-refractivity contribution is -0.119. The zero-order valence-corrected chi connectivity index (χ0v) is 15.7. The Kier molecular flexibility index (Phi) is 4.85. The summed E-state index contributed by atoms with van der Waals surface area (Å²) in [6.07, 6.45) is 1.32. The van der Waals surface area contributed by atoms with E-state index in [-0.39, 0.29) is 18.6 Å². The van der Waals surface area contributed by atoms with Gasteiger partial charge in [-0.25, -0.2) is 0 Å². The van der Waals surface area contributed by atoms with E-state index in [1.807, 2.05) is 0 Å². The van der Waals surface area contributed by atoms with Gasteiger partial charge in [-0.3, -0.25) is 9.59 Å². The predicted molar refractivity (Wildman–Crippen MR) is 102 cm³/mol. The van der Waals surface area contributed by atoms with Crippen LogP contribution in [0.2, 0.25) is 10.0 Å². The summed E-state index contributed by atoms with van der Waals surface area (Å²) in [4.78, 5) is 27.4. The van der Waals surface area contributed by atoms with E-state index in [1.54, 1.807) is 41.3 Å². The number of rotatable bonds is 3. The van der Waals surface area contributed by atoms with Crippen molar-refractivity contribution in [3.63, 3.8) is 0 Å². The first-order chi connectivity index (χ1) is 13.0. The Bertz CT molecular complexity index is 898. The van der Waals surface area contributed by atoms with Gasteiger partial charge in [0.2, 0.25) is 12.7 Å². The van der Waals surface area contributed by atoms with Crippen LogP contribution in [0, 0.1) is 0 Å². The van der Waals surface area contributed by atoms with Crippen molar-refractivity contribution in [1.29, 1.82) is 0 Å². The Morgan fingerprint density at radius 3 is 2.67 bits per heavy atom. The number of para-hydroxylation sites is 1. The summed E-state index contributed by atoms with van der Waals surface area (Å²) in [5.41, 5.74) is 0.893. The third-order valence-corrected chi connectivity index (χ3v) is 5.01. The second-order valence-electron chi connectivity index (χ2n) is 6.34. The number of benzene rings is 2. The van der Waals surface area contributed by atoms with Gasteiger partial charge in [0.25, 0.3) is 5.91 Å². The number of fused-ring (bicyclic) bond motifs is 1. The molecular weight excluding hydrogens is 391 g/mol. The minimum atomic E-state index is -0.576. The van der Waals surface area contributed by atoms with Crippen LogP contribution in [0.5, 0.6) is 11.5 Å². The molecule has 8 heteroatoms. The second-order valence-corrected chi connectivity index (χ2v) is 7.22. The Morgan fingerprint density at radius 1 is 1.11 bits per heavy atom. The van der Waals surface area contributed by atoms with Gasteiger partial charge in [-0.1, -0.05) is 29.3 Å². The number of ether oxygens (including phenoxy) is 2. The average molecular weight is 407 g/mol. The number of carbonyl (C=O) groups excluding carboxylic acids is 2. The lowest BCUT2D eigenvalue weighted by Crippen LogP contribution is -2.43. The summed E-state index contributed by atoms with van der Waals surface area (Å²) < 4.78 is 10.8. The zero-order valence-electron chi connectivity index (χ0n) is 14.2. The fourth-order valence-electron chi connectivity index (χ4n) is 3.39. The summed E-state index contributed by atoms with van der Waals surface area (Å²) in [7, 11) is 0. The first-order valence-electron chi connectivity index (χ1n) is 8.49. The summed E-state index contributed by atoms with van der Waals surface area (Å²) in [6.45, 7) is 0.580. The smallest absolute Gasteiger partial charge is 0.258 e. The SMILES string of the molecule is O=C(Nc1cc(Cl)cc(Cl)c1)C1CCCN1C(=O)c1cccc2c1OCO2. The molecule has 0 radical (unpaired) electrons. The molecule has 1 fully saturated rings. The highest BCUT2D eigenvalue weighted by Gasteiger charge is 2.36. The third kappa shape index (κ3) is 3.55. The molecule has 1 N–H and O–H groups in total. The maximum absolute atomic E-state index is 13.1. The maximum Gasteiger partial charge on any atom is 0.258 e. The molecule has 6 nitrogen and oxygen atoms in total. The molecule has 0 aliphatic carbocycles. The minimum Gasteiger partial charge on any atom is -0.454 e. The summed E-state index contributed by atoms with van der Waals surface area (Å²) >= 11 is 12.0. The summed E-state index contributed by atoms with van der Waals surface area (Å²) in [6, 6.07) is 9.40. The van der Waals surface area contributed by atoms with Crippen molar-refractivity contribution in [3.8, 4) is 11.5 Å². The third-order valence-electron chi connectivity index (χ3n) is 4.57. The van der Waals surface area contributed by atoms with Crippen LogP contribution in [0.3, 0.4) is 0 Å². The highest BCUT2D eigenvalue weighted by molar-refractivity contribution is 6.35. The Balaban J connectivity index is 1.54. The van der Waals surface area contributed by atoms with Crippen molar-refractivity contribution in [2.45, 2.75) is 18.9 Å². The quantitative estimate of drug-likeness (QED) is 0.837. The van der Waals surface area contributed by atoms with Gasteiger partial charge < -0.3 is 19.7 Å². The number of halogens is 2. The lowest BCUT2D eigenvalue weighted by Gasteiger charge is -2.24. The second kappa shape index (κ2) is 7.29. The van der Waals surface area contributed by atoms with E-state index in [0.717, 1.165) is 6.42 Å². The number of likely N-dealkylation sites (tertiary alicyclic amines) is 1. The molecule has 2 aromatic carbocycles. The van der Waals surface area contributed by atoms with Gasteiger partial charge in [0, 0.05) is 22.3 Å². The molecule has 0 spiro atoms. The van der Waals surface area contributed by atoms with Crippen molar-refractivity contribution in [1.82, 2.24) is 4.90 Å². The normalized spacial score (nSPS) is 17.9. The van der Waals surface area contributed by atoms with Crippen LogP contribution in [0.25, 0.3) is 0 Å². The van der Waals surface area contributed by atoms with E-state index in [1.165, 1.54) is 0 Å². The van der Waals surface area contributed by atoms with Gasteiger partial charge in [0.15, 0.2) is 11.5 Å². The number of nitrogens with zero attached hydrogens (tertiary/aromatic N) is 1. The first kappa shape index (κ1) is 17.9. The zero-order chi connectivity index (χ0) is 19.0. The summed E-state index contributed by atoms with van der Waals surface area (Å²) in [5, 5.41) is 3.65. The van der Waals surface area contributed by atoms with Crippen LogP contribution in [0.15, 0.2) is 36.4 Å². The van der Waals surface area contributed by atoms with Gasteiger partial charge >= 0.3 is 0 Å². The van der Waals surface area contributed by atoms with Crippen molar-refractivity contribution in [2.24, 2.45) is 0 Å². The van der Waals surface area contributed by atoms with Gasteiger partial charge in [-0.15, -0.1) is 0 Å². The molecule has 140 valence electrons. The largest absolute Gasteiger partial charge is 0.454 e. The molecule has 4 rings (SSSR count). The highest BCUT2D eigenvalue weighted by Crippen LogP contribution is 2.37. The molecule has 2 amide bonds. The van der Waals surface area contributed by atoms with Crippen LogP contribution < -0.4 is 14.8 Å². The van der Waals surface area contributed by atoms with Gasteiger partial charge in [0.05, 0.1) is 5.56 Å². The molecule has 0 bridgehead atoms. The molecule has 27 heavy (non-hydrogen) atoms. The fourth-order valence-corrected chi connectivity index (χ4v) is 3.91. The molecule has 1 saturated heterocycles. The van der Waals surface area contributed by atoms with Crippen molar-refractivity contribution >= 4 is 40.7 Å². The molecule has 0 aromatic heterocycles. The van der Waals surface area contributed by atoms with Gasteiger partial charge in [-0.05, 0) is 43.2 Å². The van der Waals surface area contributed by atoms with E-state index in [9.17, 15) is 9.59 Å². The molecule has 2 aliphatic rings. The molecule has 2 aromatic rings. The number of hydrogen-bond donors (Lipinski definition) is 1. The van der Waals surface area contributed by atoms with E-state index in [0.29, 0.717) is 45.8 Å². The Hall–Kier alpha value is -2.44. The van der Waals surface area contributed by atoms with Gasteiger partial charge in [0.1, 0.15) is 6.04 Å². The van der Waals surface area contributed by atoms with E-state index in [4.69, 9.17) is 32.7 Å². The molecule has 2 heterocycles. The van der Waals surface area contributed by atoms with Gasteiger partial charge in [-0.2, -0.15) is 0 Å². The molecule has 1 atom stereocenters. The van der Waals surface area contributed by atoms with Crippen LogP contribution in [-0.2, 0) is 4.79 Å². The molecule has 0 saturated carbocycles. The monoisotopic (exact) mass is 406 g/mol. The number of carbonyl (C=O) groups is 2. The van der Waals surface area contributed by atoms with E-state index < -0.39 is 6.04 Å². The molecule has 1 unspecified atom stereocenters. The lowest BCUT2D eigenvalue weighted by atomic mass is 10.1. The number of nitrogens with one attached hydrogen (secondary N) is 1. The van der Waals surface area contributed by atoms with Crippen molar-refractivity contribution < 1.29 is 19.1 Å². The van der Waals surface area contributed by atoms with E-state index in [2.05, 4.69) is 5.32 Å². The van der Waals surface area contributed by atoms with E-state index >= 15 is 0 Å². The first-order valence-corrected chi connectivity index (χ1v) is 9.25. The average Bonchev–Trinajstić information content (AvgIpc) is 3.29. The summed E-state index contributed by atoms with van der Waals surface area (Å²) in [5.74, 6) is 0.438. The highest BCUT2D eigenvalue weighted by atomic mass is 35.5. The number of hydrogen-bond acceptors (Lipinski definition) is 4. The van der Waals surface area contributed by atoms with Crippen LogP contribution in [-0.4, -0.2) is 36.1 Å². The van der Waals surface area contributed by atoms with Crippen LogP contribution in [0.4, 0.5) is 5.69 Å². The van der Waals surface area contributed by atoms with Crippen LogP contribution in [0.1, 0.15) is 23.2 Å². The fraction of sp³-hybridized carbons (Fsp3) is 0.263. The molecule has 2 aliphatic heterocycles. The maximum atomic E-state index is 13.1. The topological polar surface area (TPSA) is 67.9 Å². The standard InChI is InChI=1S/C19H16Cl2N2O4/c20-11-7-12(21)9-13(8-11)22-18(24)15-4-2-6-23(15)19(25)14-3-1-5-16-17(14)27-10-26-16/h1,3,5,7-9,15H,2,4,6,10H2,(H,22,24). The number of anilines is 1. The number of amides is 2. The Morgan fingerprint density at radius 2 is 1.89 bits per heavy atom. The molecular formula is C19H16Cl2N2O4. The van der Waals surface area contributed by atoms with Crippen molar-refractivity contribution in [2.75, 3.05) is 18.7 Å². The van der Waals surface area contributed by atoms with Crippen LogP contribution >= 0.6 is 23.2 Å². The Labute approximate surface area is 165 Å².